The normalized spacial score (nSPS) is 12.1. The van der Waals surface area contributed by atoms with E-state index in [2.05, 4.69) is 31.5 Å². The van der Waals surface area contributed by atoms with Gasteiger partial charge in [0.2, 0.25) is 0 Å². The maximum Gasteiger partial charge on any atom is 0.179 e. The molecule has 0 radical (unpaired) electrons. The van der Waals surface area contributed by atoms with Crippen LogP contribution in [-0.2, 0) is 6.54 Å². The van der Waals surface area contributed by atoms with E-state index >= 15 is 0 Å². The van der Waals surface area contributed by atoms with E-state index in [1.807, 2.05) is 30.3 Å². The molecule has 4 rings (SSSR count). The number of pyridine rings is 2. The molecule has 24 heavy (non-hydrogen) atoms. The van der Waals surface area contributed by atoms with Crippen molar-refractivity contribution in [2.24, 2.45) is 5.16 Å². The smallest absolute Gasteiger partial charge is 0.179 e. The summed E-state index contributed by atoms with van der Waals surface area (Å²) in [5.74, 6) is 0. The maximum absolute atomic E-state index is 8.92. The predicted molar refractivity (Wildman–Crippen MR) is 90.2 cm³/mol. The Morgan fingerprint density at radius 3 is 2.92 bits per heavy atom. The number of benzene rings is 1. The number of oxime groups is 1. The molecule has 0 saturated heterocycles. The summed E-state index contributed by atoms with van der Waals surface area (Å²) in [6, 6.07) is 13.6. The van der Waals surface area contributed by atoms with E-state index < -0.39 is 0 Å². The van der Waals surface area contributed by atoms with Crippen LogP contribution in [0.1, 0.15) is 18.2 Å². The lowest BCUT2D eigenvalue weighted by molar-refractivity contribution is 0.319. The SMILES string of the molecule is C/C(=N\O)c1ccc2nnn(Cc3ccc4ncccc4c3)c2n1. The van der Waals surface area contributed by atoms with Crippen LogP contribution in [0.25, 0.3) is 22.1 Å². The van der Waals surface area contributed by atoms with Gasteiger partial charge in [-0.2, -0.15) is 0 Å². The summed E-state index contributed by atoms with van der Waals surface area (Å²) in [7, 11) is 0. The molecule has 118 valence electrons. The molecular weight excluding hydrogens is 304 g/mol. The lowest BCUT2D eigenvalue weighted by atomic mass is 10.1. The maximum atomic E-state index is 8.92. The second-order valence-corrected chi connectivity index (χ2v) is 5.50. The van der Waals surface area contributed by atoms with Gasteiger partial charge in [0.1, 0.15) is 11.2 Å². The average Bonchev–Trinajstić information content (AvgIpc) is 3.03. The number of fused-ring (bicyclic) bond motifs is 2. The van der Waals surface area contributed by atoms with Crippen LogP contribution in [0.3, 0.4) is 0 Å². The van der Waals surface area contributed by atoms with Gasteiger partial charge in [-0.15, -0.1) is 5.10 Å². The molecule has 0 aliphatic rings. The number of hydrogen-bond acceptors (Lipinski definition) is 6. The molecule has 0 spiro atoms. The third-order valence-electron chi connectivity index (χ3n) is 3.88. The molecule has 1 aromatic carbocycles. The van der Waals surface area contributed by atoms with Gasteiger partial charge < -0.3 is 5.21 Å². The Hall–Kier alpha value is -3.35. The van der Waals surface area contributed by atoms with E-state index in [-0.39, 0.29) is 0 Å². The Morgan fingerprint density at radius 2 is 2.04 bits per heavy atom. The van der Waals surface area contributed by atoms with Crippen molar-refractivity contribution < 1.29 is 5.21 Å². The molecule has 3 aromatic heterocycles. The molecule has 4 aromatic rings. The van der Waals surface area contributed by atoms with Crippen molar-refractivity contribution >= 4 is 27.8 Å². The first-order valence-electron chi connectivity index (χ1n) is 7.47. The van der Waals surface area contributed by atoms with Crippen LogP contribution in [0.2, 0.25) is 0 Å². The fourth-order valence-corrected chi connectivity index (χ4v) is 2.61. The topological polar surface area (TPSA) is 89.1 Å². The first-order valence-corrected chi connectivity index (χ1v) is 7.47. The van der Waals surface area contributed by atoms with Gasteiger partial charge in [0.25, 0.3) is 0 Å². The van der Waals surface area contributed by atoms with Gasteiger partial charge in [-0.25, -0.2) is 9.67 Å². The summed E-state index contributed by atoms with van der Waals surface area (Å²) in [6.45, 7) is 2.24. The molecule has 0 saturated carbocycles. The lowest BCUT2D eigenvalue weighted by Crippen LogP contribution is -2.05. The van der Waals surface area contributed by atoms with E-state index in [9.17, 15) is 0 Å². The van der Waals surface area contributed by atoms with Crippen molar-refractivity contribution in [1.29, 1.82) is 0 Å². The first kappa shape index (κ1) is 14.3. The summed E-state index contributed by atoms with van der Waals surface area (Å²) >= 11 is 0. The van der Waals surface area contributed by atoms with Crippen molar-refractivity contribution in [3.8, 4) is 0 Å². The van der Waals surface area contributed by atoms with Gasteiger partial charge in [-0.05, 0) is 42.8 Å². The highest BCUT2D eigenvalue weighted by Gasteiger charge is 2.10. The van der Waals surface area contributed by atoms with Crippen molar-refractivity contribution in [2.45, 2.75) is 13.5 Å². The van der Waals surface area contributed by atoms with Crippen LogP contribution in [-0.4, -0.2) is 35.9 Å². The summed E-state index contributed by atoms with van der Waals surface area (Å²) < 4.78 is 1.74. The van der Waals surface area contributed by atoms with E-state index in [1.54, 1.807) is 23.9 Å². The molecule has 0 atom stereocenters. The van der Waals surface area contributed by atoms with Crippen LogP contribution in [0, 0.1) is 0 Å². The highest BCUT2D eigenvalue weighted by molar-refractivity contribution is 5.97. The minimum absolute atomic E-state index is 0.446. The zero-order chi connectivity index (χ0) is 16.5. The van der Waals surface area contributed by atoms with Gasteiger partial charge in [-0.1, -0.05) is 22.5 Å². The molecule has 7 nitrogen and oxygen atoms in total. The van der Waals surface area contributed by atoms with Gasteiger partial charge >= 0.3 is 0 Å². The number of aromatic nitrogens is 5. The highest BCUT2D eigenvalue weighted by Crippen LogP contribution is 2.16. The molecule has 0 aliphatic carbocycles. The van der Waals surface area contributed by atoms with Crippen LogP contribution >= 0.6 is 0 Å². The number of nitrogens with zero attached hydrogens (tertiary/aromatic N) is 6. The minimum Gasteiger partial charge on any atom is -0.411 e. The molecule has 0 fully saturated rings. The molecular formula is C17H14N6O. The summed E-state index contributed by atoms with van der Waals surface area (Å²) in [5.41, 5.74) is 4.44. The Balaban J connectivity index is 1.75. The van der Waals surface area contributed by atoms with Crippen LogP contribution in [0.15, 0.2) is 53.8 Å². The zero-order valence-corrected chi connectivity index (χ0v) is 13.0. The van der Waals surface area contributed by atoms with Crippen LogP contribution in [0.4, 0.5) is 0 Å². The zero-order valence-electron chi connectivity index (χ0n) is 13.0. The molecule has 1 N–H and O–H groups in total. The van der Waals surface area contributed by atoms with Crippen molar-refractivity contribution in [1.82, 2.24) is 25.0 Å². The Labute approximate surface area is 137 Å². The van der Waals surface area contributed by atoms with Crippen LogP contribution in [0.5, 0.6) is 0 Å². The number of hydrogen-bond donors (Lipinski definition) is 1. The van der Waals surface area contributed by atoms with Crippen LogP contribution < -0.4 is 0 Å². The average molecular weight is 318 g/mol. The Bertz CT molecular complexity index is 1070. The first-order chi connectivity index (χ1) is 11.7. The predicted octanol–water partition coefficient (Wildman–Crippen LogP) is 2.62. The standard InChI is InChI=1S/C17H14N6O/c1-11(21-24)14-6-7-16-17(19-14)23(22-20-16)10-12-4-5-15-13(9-12)3-2-8-18-15/h2-9,24H,10H2,1H3/b21-11+. The molecule has 0 unspecified atom stereocenters. The lowest BCUT2D eigenvalue weighted by Gasteiger charge is -2.05. The van der Waals surface area contributed by atoms with E-state index in [4.69, 9.17) is 5.21 Å². The van der Waals surface area contributed by atoms with E-state index in [0.29, 0.717) is 29.1 Å². The number of rotatable bonds is 3. The summed E-state index contributed by atoms with van der Waals surface area (Å²) in [4.78, 5) is 8.82. The van der Waals surface area contributed by atoms with Gasteiger partial charge in [-0.3, -0.25) is 4.98 Å². The van der Waals surface area contributed by atoms with E-state index in [0.717, 1.165) is 16.5 Å². The van der Waals surface area contributed by atoms with Crippen molar-refractivity contribution in [2.75, 3.05) is 0 Å². The van der Waals surface area contributed by atoms with Gasteiger partial charge in [0.05, 0.1) is 17.8 Å². The molecule has 7 heteroatoms. The van der Waals surface area contributed by atoms with Gasteiger partial charge in [0, 0.05) is 11.6 Å². The largest absolute Gasteiger partial charge is 0.411 e. The van der Waals surface area contributed by atoms with Crippen molar-refractivity contribution in [3.05, 3.63) is 59.9 Å². The molecule has 0 aliphatic heterocycles. The third-order valence-corrected chi connectivity index (χ3v) is 3.88. The third kappa shape index (κ3) is 2.45. The Morgan fingerprint density at radius 1 is 1.17 bits per heavy atom. The second kappa shape index (κ2) is 5.69. The highest BCUT2D eigenvalue weighted by atomic mass is 16.4. The monoisotopic (exact) mass is 318 g/mol. The fourth-order valence-electron chi connectivity index (χ4n) is 2.61. The Kier molecular flexibility index (Phi) is 3.38. The van der Waals surface area contributed by atoms with Gasteiger partial charge in [0.15, 0.2) is 5.65 Å². The second-order valence-electron chi connectivity index (χ2n) is 5.50. The quantitative estimate of drug-likeness (QED) is 0.356. The molecule has 0 bridgehead atoms. The fraction of sp³-hybridized carbons (Fsp3) is 0.118. The summed E-state index contributed by atoms with van der Waals surface area (Å²) in [5, 5.41) is 21.5. The van der Waals surface area contributed by atoms with Crippen molar-refractivity contribution in [3.63, 3.8) is 0 Å². The minimum atomic E-state index is 0.446. The summed E-state index contributed by atoms with van der Waals surface area (Å²) in [6.07, 6.45) is 1.78. The molecule has 3 heterocycles. The van der Waals surface area contributed by atoms with E-state index in [1.165, 1.54) is 0 Å². The molecule has 0 amide bonds.